The first-order valence-corrected chi connectivity index (χ1v) is 10.5. The molecule has 32 heavy (non-hydrogen) atoms. The van der Waals surface area contributed by atoms with E-state index in [9.17, 15) is 4.79 Å². The van der Waals surface area contributed by atoms with Gasteiger partial charge in [0.2, 0.25) is 0 Å². The normalized spacial score (nSPS) is 10.8. The third kappa shape index (κ3) is 7.05. The van der Waals surface area contributed by atoms with Crippen LogP contribution in [0.25, 0.3) is 0 Å². The number of carbonyl (C=O) groups excluding carboxylic acids is 1. The lowest BCUT2D eigenvalue weighted by molar-refractivity contribution is -0.123. The lowest BCUT2D eigenvalue weighted by Gasteiger charge is -2.12. The average molecular weight is 494 g/mol. The van der Waals surface area contributed by atoms with E-state index in [-0.39, 0.29) is 13.2 Å². The van der Waals surface area contributed by atoms with Crippen LogP contribution in [-0.4, -0.2) is 25.8 Å². The van der Waals surface area contributed by atoms with Crippen molar-refractivity contribution in [3.63, 3.8) is 0 Å². The number of halogens is 3. The molecule has 0 atom stereocenters. The maximum Gasteiger partial charge on any atom is 0.277 e. The molecule has 3 rings (SSSR count). The fraction of sp³-hybridized carbons (Fsp3) is 0.130. The highest BCUT2D eigenvalue weighted by Gasteiger charge is 2.08. The summed E-state index contributed by atoms with van der Waals surface area (Å²) in [5.41, 5.74) is 3.89. The van der Waals surface area contributed by atoms with E-state index >= 15 is 0 Å². The Labute approximate surface area is 200 Å². The number of ether oxygens (including phenoxy) is 3. The van der Waals surface area contributed by atoms with Gasteiger partial charge in [-0.2, -0.15) is 5.10 Å². The molecule has 0 aliphatic heterocycles. The monoisotopic (exact) mass is 492 g/mol. The predicted molar refractivity (Wildman–Crippen MR) is 126 cm³/mol. The molecule has 0 saturated carbocycles. The van der Waals surface area contributed by atoms with E-state index in [2.05, 4.69) is 10.5 Å². The standard InChI is InChI=1S/C23H19Cl3N2O4/c1-30-21-9-2-15(10-22(21)32-13-16-3-4-18(25)11-20(16)26)12-27-28-23(29)14-31-19-7-5-17(24)6-8-19/h2-12H,13-14H2,1H3,(H,28,29)/b27-12-. The van der Waals surface area contributed by atoms with Gasteiger partial charge in [-0.25, -0.2) is 5.43 Å². The van der Waals surface area contributed by atoms with Crippen molar-refractivity contribution < 1.29 is 19.0 Å². The molecule has 0 aromatic heterocycles. The molecule has 0 aliphatic carbocycles. The van der Waals surface area contributed by atoms with Gasteiger partial charge in [0.1, 0.15) is 12.4 Å². The quantitative estimate of drug-likeness (QED) is 0.304. The minimum absolute atomic E-state index is 0.183. The van der Waals surface area contributed by atoms with Crippen LogP contribution in [0.5, 0.6) is 17.2 Å². The Morgan fingerprint density at radius 3 is 2.41 bits per heavy atom. The number of nitrogens with one attached hydrogen (secondary N) is 1. The molecule has 1 amide bonds. The molecule has 3 aromatic carbocycles. The fourth-order valence-corrected chi connectivity index (χ4v) is 3.16. The number of benzene rings is 3. The fourth-order valence-electron chi connectivity index (χ4n) is 2.57. The van der Waals surface area contributed by atoms with Gasteiger partial charge in [0.05, 0.1) is 13.3 Å². The summed E-state index contributed by atoms with van der Waals surface area (Å²) in [6.07, 6.45) is 1.49. The summed E-state index contributed by atoms with van der Waals surface area (Å²) in [4.78, 5) is 11.9. The number of carbonyl (C=O) groups is 1. The topological polar surface area (TPSA) is 69.2 Å². The molecular weight excluding hydrogens is 475 g/mol. The number of hydrogen-bond donors (Lipinski definition) is 1. The Balaban J connectivity index is 1.57. The zero-order valence-corrected chi connectivity index (χ0v) is 19.2. The van der Waals surface area contributed by atoms with E-state index < -0.39 is 5.91 Å². The van der Waals surface area contributed by atoms with Gasteiger partial charge >= 0.3 is 0 Å². The van der Waals surface area contributed by atoms with Gasteiger partial charge in [-0.05, 0) is 60.2 Å². The number of methoxy groups -OCH3 is 1. The van der Waals surface area contributed by atoms with Crippen LogP contribution in [0.15, 0.2) is 65.8 Å². The van der Waals surface area contributed by atoms with E-state index in [0.29, 0.717) is 37.9 Å². The second-order valence-electron chi connectivity index (χ2n) is 6.47. The molecule has 6 nitrogen and oxygen atoms in total. The molecule has 1 N–H and O–H groups in total. The summed E-state index contributed by atoms with van der Waals surface area (Å²) in [6, 6.07) is 17.2. The van der Waals surface area contributed by atoms with Crippen molar-refractivity contribution in [3.05, 3.63) is 86.9 Å². The van der Waals surface area contributed by atoms with Crippen molar-refractivity contribution in [2.24, 2.45) is 5.10 Å². The van der Waals surface area contributed by atoms with Crippen LogP contribution in [-0.2, 0) is 11.4 Å². The second kappa shape index (κ2) is 11.6. The molecular formula is C23H19Cl3N2O4. The Morgan fingerprint density at radius 2 is 1.69 bits per heavy atom. The van der Waals surface area contributed by atoms with E-state index in [0.717, 1.165) is 5.56 Å². The first kappa shape index (κ1) is 23.7. The zero-order valence-electron chi connectivity index (χ0n) is 17.0. The summed E-state index contributed by atoms with van der Waals surface area (Å²) in [5, 5.41) is 5.60. The van der Waals surface area contributed by atoms with Gasteiger partial charge in [0.15, 0.2) is 18.1 Å². The lowest BCUT2D eigenvalue weighted by atomic mass is 10.2. The van der Waals surface area contributed by atoms with Crippen molar-refractivity contribution in [2.45, 2.75) is 6.61 Å². The van der Waals surface area contributed by atoms with E-state index in [1.165, 1.54) is 6.21 Å². The highest BCUT2D eigenvalue weighted by atomic mass is 35.5. The Hall–Kier alpha value is -2.93. The van der Waals surface area contributed by atoms with Crippen molar-refractivity contribution in [1.29, 1.82) is 0 Å². The van der Waals surface area contributed by atoms with Crippen LogP contribution in [0.3, 0.4) is 0 Å². The third-order valence-electron chi connectivity index (χ3n) is 4.17. The van der Waals surface area contributed by atoms with Gasteiger partial charge in [-0.3, -0.25) is 4.79 Å². The number of hydrogen-bond acceptors (Lipinski definition) is 5. The van der Waals surface area contributed by atoms with Crippen LogP contribution < -0.4 is 19.6 Å². The van der Waals surface area contributed by atoms with Crippen LogP contribution in [0, 0.1) is 0 Å². The lowest BCUT2D eigenvalue weighted by Crippen LogP contribution is -2.24. The van der Waals surface area contributed by atoms with E-state index in [1.807, 2.05) is 0 Å². The van der Waals surface area contributed by atoms with Crippen molar-refractivity contribution >= 4 is 46.9 Å². The highest BCUT2D eigenvalue weighted by molar-refractivity contribution is 6.35. The van der Waals surface area contributed by atoms with E-state index in [4.69, 9.17) is 49.0 Å². The van der Waals surface area contributed by atoms with Crippen LogP contribution in [0.1, 0.15) is 11.1 Å². The first-order chi connectivity index (χ1) is 15.4. The molecule has 166 valence electrons. The Kier molecular flexibility index (Phi) is 8.62. The minimum atomic E-state index is -0.404. The van der Waals surface area contributed by atoms with Gasteiger partial charge in [0, 0.05) is 20.6 Å². The van der Waals surface area contributed by atoms with Crippen molar-refractivity contribution in [3.8, 4) is 17.2 Å². The summed E-state index contributed by atoms with van der Waals surface area (Å²) < 4.78 is 16.6. The van der Waals surface area contributed by atoms with Crippen molar-refractivity contribution in [1.82, 2.24) is 5.43 Å². The number of hydrazone groups is 1. The van der Waals surface area contributed by atoms with Crippen molar-refractivity contribution in [2.75, 3.05) is 13.7 Å². The number of amides is 1. The third-order valence-corrected chi connectivity index (χ3v) is 5.01. The largest absolute Gasteiger partial charge is 0.493 e. The summed E-state index contributed by atoms with van der Waals surface area (Å²) in [6.45, 7) is 0.0452. The SMILES string of the molecule is COc1ccc(/C=N\NC(=O)COc2ccc(Cl)cc2)cc1OCc1ccc(Cl)cc1Cl. The summed E-state index contributed by atoms with van der Waals surface area (Å²) >= 11 is 17.9. The van der Waals surface area contributed by atoms with Gasteiger partial charge in [-0.1, -0.05) is 40.9 Å². The van der Waals surface area contributed by atoms with Gasteiger partial charge in [0.25, 0.3) is 5.91 Å². The van der Waals surface area contributed by atoms with Crippen LogP contribution in [0.4, 0.5) is 0 Å². The molecule has 0 radical (unpaired) electrons. The zero-order chi connectivity index (χ0) is 22.9. The smallest absolute Gasteiger partial charge is 0.277 e. The molecule has 0 unspecified atom stereocenters. The maximum atomic E-state index is 11.9. The molecule has 0 heterocycles. The van der Waals surface area contributed by atoms with Crippen LogP contribution >= 0.6 is 34.8 Å². The average Bonchev–Trinajstić information content (AvgIpc) is 2.78. The summed E-state index contributed by atoms with van der Waals surface area (Å²) in [7, 11) is 1.55. The molecule has 0 spiro atoms. The van der Waals surface area contributed by atoms with Gasteiger partial charge in [-0.15, -0.1) is 0 Å². The second-order valence-corrected chi connectivity index (χ2v) is 7.75. The predicted octanol–water partition coefficient (Wildman–Crippen LogP) is 5.76. The van der Waals surface area contributed by atoms with Gasteiger partial charge < -0.3 is 14.2 Å². The molecule has 0 saturated heterocycles. The molecule has 0 bridgehead atoms. The molecule has 3 aromatic rings. The molecule has 9 heteroatoms. The maximum absolute atomic E-state index is 11.9. The van der Waals surface area contributed by atoms with Crippen LogP contribution in [0.2, 0.25) is 15.1 Å². The first-order valence-electron chi connectivity index (χ1n) is 9.39. The highest BCUT2D eigenvalue weighted by Crippen LogP contribution is 2.30. The summed E-state index contributed by atoms with van der Waals surface area (Å²) in [5.74, 6) is 1.18. The molecule has 0 fully saturated rings. The van der Waals surface area contributed by atoms with E-state index in [1.54, 1.807) is 67.8 Å². The number of nitrogens with zero attached hydrogens (tertiary/aromatic N) is 1. The Morgan fingerprint density at radius 1 is 0.938 bits per heavy atom. The minimum Gasteiger partial charge on any atom is -0.493 e. The Bertz CT molecular complexity index is 1100. The molecule has 0 aliphatic rings. The number of rotatable bonds is 9.